The van der Waals surface area contributed by atoms with Crippen LogP contribution in [0.4, 0.5) is 11.8 Å². The summed E-state index contributed by atoms with van der Waals surface area (Å²) < 4.78 is 11.1. The van der Waals surface area contributed by atoms with Crippen molar-refractivity contribution in [3.8, 4) is 17.0 Å². The summed E-state index contributed by atoms with van der Waals surface area (Å²) in [5.74, 6) is 2.26. The van der Waals surface area contributed by atoms with Crippen molar-refractivity contribution in [2.75, 3.05) is 56.7 Å². The van der Waals surface area contributed by atoms with Gasteiger partial charge in [-0.3, -0.25) is 4.79 Å². The summed E-state index contributed by atoms with van der Waals surface area (Å²) in [5, 5.41) is 17.6. The smallest absolute Gasteiger partial charge is 0.239 e. The quantitative estimate of drug-likeness (QED) is 0.396. The van der Waals surface area contributed by atoms with E-state index in [9.17, 15) is 9.90 Å². The number of aromatic nitrogens is 3. The van der Waals surface area contributed by atoms with Gasteiger partial charge in [-0.25, -0.2) is 4.98 Å². The number of carbonyl (C=O) groups is 1. The molecule has 41 heavy (non-hydrogen) atoms. The molecule has 2 atom stereocenters. The largest absolute Gasteiger partial charge is 0.496 e. The maximum Gasteiger partial charge on any atom is 0.239 e. The number of amides is 1. The summed E-state index contributed by atoms with van der Waals surface area (Å²) in [4.78, 5) is 32.0. The summed E-state index contributed by atoms with van der Waals surface area (Å²) in [7, 11) is 1.59. The van der Waals surface area contributed by atoms with Gasteiger partial charge in [-0.15, -0.1) is 0 Å². The number of likely N-dealkylation sites (tertiary alicyclic amines) is 1. The minimum absolute atomic E-state index is 0.0270. The van der Waals surface area contributed by atoms with Gasteiger partial charge in [0.15, 0.2) is 5.65 Å². The molecule has 1 amide bonds. The molecule has 0 saturated carbocycles. The molecule has 2 unspecified atom stereocenters. The number of nitrogens with zero attached hydrogens (tertiary/aromatic N) is 5. The Bertz CT molecular complexity index is 1390. The van der Waals surface area contributed by atoms with Crippen molar-refractivity contribution in [2.24, 2.45) is 0 Å². The number of aliphatic hydroxyl groups excluding tert-OH is 1. The second kappa shape index (κ2) is 12.1. The lowest BCUT2D eigenvalue weighted by Gasteiger charge is -2.35. The Morgan fingerprint density at radius 3 is 2.73 bits per heavy atom. The fourth-order valence-electron chi connectivity index (χ4n) is 6.08. The molecule has 3 aliphatic heterocycles. The van der Waals surface area contributed by atoms with Crippen molar-refractivity contribution in [2.45, 2.75) is 57.3 Å². The van der Waals surface area contributed by atoms with Gasteiger partial charge in [0, 0.05) is 36.8 Å². The molecule has 3 N–H and O–H groups in total. The van der Waals surface area contributed by atoms with E-state index in [0.29, 0.717) is 36.1 Å². The van der Waals surface area contributed by atoms with E-state index >= 15 is 0 Å². The average molecular weight is 562 g/mol. The first-order chi connectivity index (χ1) is 20.0. The first-order valence-corrected chi connectivity index (χ1v) is 14.6. The van der Waals surface area contributed by atoms with Crippen LogP contribution in [-0.2, 0) is 16.1 Å². The summed E-state index contributed by atoms with van der Waals surface area (Å²) in [6.45, 7) is 6.41. The van der Waals surface area contributed by atoms with Crippen molar-refractivity contribution in [1.29, 1.82) is 0 Å². The van der Waals surface area contributed by atoms with Gasteiger partial charge in [0.1, 0.15) is 11.6 Å². The maximum atomic E-state index is 12.9. The molecule has 218 valence electrons. The summed E-state index contributed by atoms with van der Waals surface area (Å²) in [6, 6.07) is 10.00. The van der Waals surface area contributed by atoms with Crippen LogP contribution in [-0.4, -0.2) is 95.5 Å². The van der Waals surface area contributed by atoms with E-state index in [1.165, 1.54) is 0 Å². The van der Waals surface area contributed by atoms with Crippen LogP contribution < -0.4 is 20.3 Å². The van der Waals surface area contributed by atoms with Crippen molar-refractivity contribution < 1.29 is 19.4 Å². The Kier molecular flexibility index (Phi) is 8.18. The van der Waals surface area contributed by atoms with Gasteiger partial charge in [0.2, 0.25) is 11.9 Å². The number of nitrogens with one attached hydrogen (secondary N) is 2. The highest BCUT2D eigenvalue weighted by Crippen LogP contribution is 2.31. The predicted molar refractivity (Wildman–Crippen MR) is 157 cm³/mol. The van der Waals surface area contributed by atoms with Gasteiger partial charge >= 0.3 is 0 Å². The van der Waals surface area contributed by atoms with Crippen molar-refractivity contribution in [3.63, 3.8) is 0 Å². The Morgan fingerprint density at radius 1 is 1.15 bits per heavy atom. The molecule has 0 aliphatic carbocycles. The minimum Gasteiger partial charge on any atom is -0.496 e. The molecular formula is C30H39N7O4. The van der Waals surface area contributed by atoms with E-state index in [1.54, 1.807) is 7.11 Å². The zero-order valence-electron chi connectivity index (χ0n) is 23.8. The highest BCUT2D eigenvalue weighted by atomic mass is 16.5. The summed E-state index contributed by atoms with van der Waals surface area (Å²) >= 11 is 0. The zero-order valence-corrected chi connectivity index (χ0v) is 23.8. The fraction of sp³-hybridized carbons (Fsp3) is 0.533. The third-order valence-electron chi connectivity index (χ3n) is 8.42. The number of anilines is 2. The van der Waals surface area contributed by atoms with E-state index in [-0.39, 0.29) is 30.6 Å². The van der Waals surface area contributed by atoms with E-state index in [4.69, 9.17) is 24.4 Å². The van der Waals surface area contributed by atoms with Crippen molar-refractivity contribution in [1.82, 2.24) is 25.2 Å². The van der Waals surface area contributed by atoms with Gasteiger partial charge in [-0.1, -0.05) is 0 Å². The molecule has 3 aromatic rings. The first-order valence-electron chi connectivity index (χ1n) is 14.6. The molecule has 3 fully saturated rings. The van der Waals surface area contributed by atoms with E-state index in [0.717, 1.165) is 74.3 Å². The predicted octanol–water partition coefficient (Wildman–Crippen LogP) is 2.57. The molecular weight excluding hydrogens is 522 g/mol. The number of piperidine rings is 1. The molecule has 3 saturated heterocycles. The molecule has 3 aliphatic rings. The molecule has 11 heteroatoms. The van der Waals surface area contributed by atoms with E-state index in [1.807, 2.05) is 35.2 Å². The Morgan fingerprint density at radius 2 is 2.00 bits per heavy atom. The standard InChI is InChI=1S/C30H39N7O4/c1-19-18-41-15-14-37(19)28-23-6-7-24(20-5-8-26(40-2)21(16-20)17-38)33-27(23)34-30(35-28)32-22-9-12-36(13-10-22)29(39)25-4-3-11-31-25/h5-8,16,19,22,25,31,38H,3-4,9-15,17-18H2,1-2H3,(H,32,33,34,35). The lowest BCUT2D eigenvalue weighted by molar-refractivity contribution is -0.134. The monoisotopic (exact) mass is 561 g/mol. The van der Waals surface area contributed by atoms with Crippen molar-refractivity contribution in [3.05, 3.63) is 35.9 Å². The maximum absolute atomic E-state index is 12.9. The van der Waals surface area contributed by atoms with Crippen LogP contribution in [0.3, 0.4) is 0 Å². The molecule has 1 aromatic carbocycles. The van der Waals surface area contributed by atoms with Crippen LogP contribution in [0.5, 0.6) is 5.75 Å². The second-order valence-electron chi connectivity index (χ2n) is 11.1. The zero-order chi connectivity index (χ0) is 28.3. The third-order valence-corrected chi connectivity index (χ3v) is 8.42. The van der Waals surface area contributed by atoms with Gasteiger partial charge in [0.25, 0.3) is 0 Å². The average Bonchev–Trinajstić information content (AvgIpc) is 3.56. The number of ether oxygens (including phenoxy) is 2. The van der Waals surface area contributed by atoms with Gasteiger partial charge < -0.3 is 35.0 Å². The fourth-order valence-corrected chi connectivity index (χ4v) is 6.08. The molecule has 2 aromatic heterocycles. The number of morpholine rings is 1. The molecule has 0 radical (unpaired) electrons. The number of pyridine rings is 1. The SMILES string of the molecule is COc1ccc(-c2ccc3c(N4CCOCC4C)nc(NC4CCN(C(=O)C5CCCN5)CC4)nc3n2)cc1CO. The Labute approximate surface area is 240 Å². The lowest BCUT2D eigenvalue weighted by Crippen LogP contribution is -2.49. The van der Waals surface area contributed by atoms with Crippen LogP contribution in [0.15, 0.2) is 30.3 Å². The van der Waals surface area contributed by atoms with Crippen LogP contribution in [0.2, 0.25) is 0 Å². The van der Waals surface area contributed by atoms with E-state index in [2.05, 4.69) is 22.5 Å². The van der Waals surface area contributed by atoms with Crippen LogP contribution >= 0.6 is 0 Å². The number of aliphatic hydroxyl groups is 1. The third kappa shape index (κ3) is 5.79. The highest BCUT2D eigenvalue weighted by molar-refractivity contribution is 5.90. The Hall–Kier alpha value is -3.54. The second-order valence-corrected chi connectivity index (χ2v) is 11.1. The summed E-state index contributed by atoms with van der Waals surface area (Å²) in [6.07, 6.45) is 3.67. The van der Waals surface area contributed by atoms with Crippen molar-refractivity contribution >= 4 is 28.7 Å². The lowest BCUT2D eigenvalue weighted by atomic mass is 10.0. The minimum atomic E-state index is -0.124. The number of methoxy groups -OCH3 is 1. The van der Waals surface area contributed by atoms with E-state index < -0.39 is 0 Å². The van der Waals surface area contributed by atoms with Crippen LogP contribution in [0.25, 0.3) is 22.3 Å². The number of carbonyl (C=O) groups excluding carboxylic acids is 1. The topological polar surface area (TPSA) is 125 Å². The Balaban J connectivity index is 1.28. The highest BCUT2D eigenvalue weighted by Gasteiger charge is 2.30. The number of benzene rings is 1. The molecule has 0 spiro atoms. The number of hydrogen-bond acceptors (Lipinski definition) is 10. The van der Waals surface area contributed by atoms with Gasteiger partial charge in [0.05, 0.1) is 50.1 Å². The van der Waals surface area contributed by atoms with Gasteiger partial charge in [-0.2, -0.15) is 9.97 Å². The summed E-state index contributed by atoms with van der Waals surface area (Å²) in [5.41, 5.74) is 2.94. The number of rotatable bonds is 7. The van der Waals surface area contributed by atoms with Crippen LogP contribution in [0, 0.1) is 0 Å². The molecule has 11 nitrogen and oxygen atoms in total. The van der Waals surface area contributed by atoms with Gasteiger partial charge in [-0.05, 0) is 69.5 Å². The molecule has 0 bridgehead atoms. The molecule has 5 heterocycles. The first kappa shape index (κ1) is 27.6. The number of fused-ring (bicyclic) bond motifs is 1. The normalized spacial score (nSPS) is 21.8. The number of hydrogen-bond donors (Lipinski definition) is 3. The van der Waals surface area contributed by atoms with Crippen LogP contribution in [0.1, 0.15) is 38.2 Å². The molecule has 6 rings (SSSR count).